The average molecular weight is 368 g/mol. The SMILES string of the molecule is O=C1CCC(C(=O)N2CCC3(CCN(CCc4ccccc4)C3=O)C2)=NN1. The maximum Gasteiger partial charge on any atom is 0.270 e. The van der Waals surface area contributed by atoms with Gasteiger partial charge in [-0.1, -0.05) is 30.3 Å². The van der Waals surface area contributed by atoms with Gasteiger partial charge in [-0.15, -0.1) is 0 Å². The molecule has 142 valence electrons. The van der Waals surface area contributed by atoms with E-state index in [1.165, 1.54) is 5.56 Å². The van der Waals surface area contributed by atoms with Crippen molar-refractivity contribution >= 4 is 23.4 Å². The van der Waals surface area contributed by atoms with Crippen LogP contribution in [-0.2, 0) is 20.8 Å². The number of hydrazone groups is 1. The van der Waals surface area contributed by atoms with E-state index in [1.54, 1.807) is 4.90 Å². The van der Waals surface area contributed by atoms with Crippen LogP contribution in [0.1, 0.15) is 31.2 Å². The van der Waals surface area contributed by atoms with Crippen molar-refractivity contribution in [3.05, 3.63) is 35.9 Å². The number of hydrogen-bond acceptors (Lipinski definition) is 4. The van der Waals surface area contributed by atoms with Gasteiger partial charge in [-0.25, -0.2) is 5.43 Å². The Labute approximate surface area is 158 Å². The highest BCUT2D eigenvalue weighted by Gasteiger charge is 2.51. The summed E-state index contributed by atoms with van der Waals surface area (Å²) in [5.74, 6) is -0.139. The van der Waals surface area contributed by atoms with Crippen LogP contribution in [-0.4, -0.2) is 59.4 Å². The summed E-state index contributed by atoms with van der Waals surface area (Å²) in [6, 6.07) is 10.2. The van der Waals surface area contributed by atoms with Crippen LogP contribution in [0.5, 0.6) is 0 Å². The van der Waals surface area contributed by atoms with Crippen molar-refractivity contribution < 1.29 is 14.4 Å². The molecule has 4 rings (SSSR count). The second kappa shape index (κ2) is 7.13. The van der Waals surface area contributed by atoms with E-state index in [-0.39, 0.29) is 24.1 Å². The predicted molar refractivity (Wildman–Crippen MR) is 99.8 cm³/mol. The molecule has 3 aliphatic heterocycles. The van der Waals surface area contributed by atoms with Crippen LogP contribution in [0.4, 0.5) is 0 Å². The van der Waals surface area contributed by atoms with Gasteiger partial charge in [0.1, 0.15) is 5.71 Å². The first-order chi connectivity index (χ1) is 13.1. The molecule has 3 aliphatic rings. The molecule has 0 aliphatic carbocycles. The Kier molecular flexibility index (Phi) is 4.68. The minimum atomic E-state index is -0.440. The highest BCUT2D eigenvalue weighted by atomic mass is 16.2. The molecule has 1 N–H and O–H groups in total. The zero-order valence-electron chi connectivity index (χ0n) is 15.3. The lowest BCUT2D eigenvalue weighted by molar-refractivity contribution is -0.135. The van der Waals surface area contributed by atoms with E-state index in [0.717, 1.165) is 25.9 Å². The molecule has 2 saturated heterocycles. The fourth-order valence-electron chi connectivity index (χ4n) is 4.25. The van der Waals surface area contributed by atoms with Gasteiger partial charge in [-0.2, -0.15) is 5.10 Å². The van der Waals surface area contributed by atoms with E-state index in [0.29, 0.717) is 31.6 Å². The topological polar surface area (TPSA) is 82.1 Å². The standard InChI is InChI=1S/C20H24N4O3/c25-17-7-6-16(21-22-17)18(26)24-13-10-20(14-24)9-12-23(19(20)27)11-8-15-4-2-1-3-5-15/h1-5H,6-14H2,(H,22,25). The molecule has 7 nitrogen and oxygen atoms in total. The molecule has 0 saturated carbocycles. The molecule has 1 atom stereocenters. The smallest absolute Gasteiger partial charge is 0.270 e. The normalized spacial score (nSPS) is 25.1. The molecule has 7 heteroatoms. The Morgan fingerprint density at radius 3 is 2.63 bits per heavy atom. The average Bonchev–Trinajstić information content (AvgIpc) is 3.26. The van der Waals surface area contributed by atoms with Gasteiger partial charge in [-0.3, -0.25) is 14.4 Å². The van der Waals surface area contributed by atoms with Crippen LogP contribution in [0.25, 0.3) is 0 Å². The van der Waals surface area contributed by atoms with E-state index in [9.17, 15) is 14.4 Å². The van der Waals surface area contributed by atoms with E-state index < -0.39 is 5.41 Å². The first-order valence-corrected chi connectivity index (χ1v) is 9.55. The lowest BCUT2D eigenvalue weighted by Gasteiger charge is -2.24. The summed E-state index contributed by atoms with van der Waals surface area (Å²) in [6.45, 7) is 2.51. The van der Waals surface area contributed by atoms with Crippen molar-refractivity contribution in [2.24, 2.45) is 10.5 Å². The minimum Gasteiger partial charge on any atom is -0.342 e. The van der Waals surface area contributed by atoms with E-state index in [2.05, 4.69) is 22.7 Å². The number of likely N-dealkylation sites (tertiary alicyclic amines) is 2. The summed E-state index contributed by atoms with van der Waals surface area (Å²) < 4.78 is 0. The Morgan fingerprint density at radius 1 is 1.11 bits per heavy atom. The van der Waals surface area contributed by atoms with Crippen molar-refractivity contribution in [2.45, 2.75) is 32.1 Å². The zero-order chi connectivity index (χ0) is 18.9. The Balaban J connectivity index is 1.36. The van der Waals surface area contributed by atoms with Crippen molar-refractivity contribution in [2.75, 3.05) is 26.2 Å². The largest absolute Gasteiger partial charge is 0.342 e. The molecule has 3 heterocycles. The molecule has 1 aromatic rings. The number of benzene rings is 1. The van der Waals surface area contributed by atoms with Crippen LogP contribution in [0.2, 0.25) is 0 Å². The second-order valence-corrected chi connectivity index (χ2v) is 7.63. The van der Waals surface area contributed by atoms with Gasteiger partial charge in [0.05, 0.1) is 5.41 Å². The Hall–Kier alpha value is -2.70. The van der Waals surface area contributed by atoms with Crippen LogP contribution < -0.4 is 5.43 Å². The third-order valence-corrected chi connectivity index (χ3v) is 5.91. The molecule has 1 unspecified atom stereocenters. The summed E-state index contributed by atoms with van der Waals surface area (Å²) in [6.07, 6.45) is 3.01. The van der Waals surface area contributed by atoms with Gasteiger partial charge < -0.3 is 9.80 Å². The number of hydrogen-bond donors (Lipinski definition) is 1. The summed E-state index contributed by atoms with van der Waals surface area (Å²) in [4.78, 5) is 40.6. The highest BCUT2D eigenvalue weighted by molar-refractivity contribution is 6.39. The molecule has 0 bridgehead atoms. The van der Waals surface area contributed by atoms with Crippen LogP contribution in [0, 0.1) is 5.41 Å². The van der Waals surface area contributed by atoms with E-state index in [1.807, 2.05) is 23.1 Å². The molecule has 1 aromatic carbocycles. The Bertz CT molecular complexity index is 792. The van der Waals surface area contributed by atoms with Crippen molar-refractivity contribution in [1.82, 2.24) is 15.2 Å². The zero-order valence-corrected chi connectivity index (χ0v) is 15.3. The van der Waals surface area contributed by atoms with Gasteiger partial charge in [-0.05, 0) is 24.8 Å². The maximum atomic E-state index is 13.0. The van der Waals surface area contributed by atoms with Gasteiger partial charge >= 0.3 is 0 Å². The fraction of sp³-hybridized carbons (Fsp3) is 0.500. The molecule has 1 spiro atoms. The second-order valence-electron chi connectivity index (χ2n) is 7.63. The number of rotatable bonds is 4. The van der Waals surface area contributed by atoms with Gasteiger partial charge in [0.25, 0.3) is 5.91 Å². The summed E-state index contributed by atoms with van der Waals surface area (Å²) in [5.41, 5.74) is 3.55. The highest BCUT2D eigenvalue weighted by Crippen LogP contribution is 2.40. The third kappa shape index (κ3) is 3.46. The van der Waals surface area contributed by atoms with E-state index >= 15 is 0 Å². The molecule has 0 radical (unpaired) electrons. The minimum absolute atomic E-state index is 0.151. The number of amides is 3. The Morgan fingerprint density at radius 2 is 1.89 bits per heavy atom. The van der Waals surface area contributed by atoms with Gasteiger partial charge in [0.15, 0.2) is 0 Å². The summed E-state index contributed by atoms with van der Waals surface area (Å²) in [7, 11) is 0. The van der Waals surface area contributed by atoms with Gasteiger partial charge in [0, 0.05) is 39.0 Å². The van der Waals surface area contributed by atoms with E-state index in [4.69, 9.17) is 0 Å². The number of carbonyl (C=O) groups excluding carboxylic acids is 3. The van der Waals surface area contributed by atoms with Gasteiger partial charge in [0.2, 0.25) is 11.8 Å². The van der Waals surface area contributed by atoms with Crippen LogP contribution >= 0.6 is 0 Å². The first kappa shape index (κ1) is 17.7. The van der Waals surface area contributed by atoms with Crippen LogP contribution in [0.3, 0.4) is 0 Å². The molecular formula is C20H24N4O3. The molecular weight excluding hydrogens is 344 g/mol. The third-order valence-electron chi connectivity index (χ3n) is 5.91. The summed E-state index contributed by atoms with van der Waals surface area (Å²) in [5, 5.41) is 3.90. The monoisotopic (exact) mass is 368 g/mol. The lowest BCUT2D eigenvalue weighted by Crippen LogP contribution is -2.42. The fourth-order valence-corrected chi connectivity index (χ4v) is 4.25. The molecule has 27 heavy (non-hydrogen) atoms. The summed E-state index contributed by atoms with van der Waals surface area (Å²) >= 11 is 0. The molecule has 0 aromatic heterocycles. The first-order valence-electron chi connectivity index (χ1n) is 9.55. The quantitative estimate of drug-likeness (QED) is 0.859. The number of carbonyl (C=O) groups is 3. The molecule has 2 fully saturated rings. The van der Waals surface area contributed by atoms with Crippen molar-refractivity contribution in [1.29, 1.82) is 0 Å². The predicted octanol–water partition coefficient (Wildman–Crippen LogP) is 0.946. The number of nitrogens with zero attached hydrogens (tertiary/aromatic N) is 3. The van der Waals surface area contributed by atoms with Crippen LogP contribution in [0.15, 0.2) is 35.4 Å². The van der Waals surface area contributed by atoms with Crippen molar-refractivity contribution in [3.8, 4) is 0 Å². The molecule has 3 amide bonds. The number of nitrogens with one attached hydrogen (secondary N) is 1. The van der Waals surface area contributed by atoms with Crippen molar-refractivity contribution in [3.63, 3.8) is 0 Å². The maximum absolute atomic E-state index is 13.0. The lowest BCUT2D eigenvalue weighted by atomic mass is 9.85.